The molecular weight excluding hydrogens is 412 g/mol. The van der Waals surface area contributed by atoms with Crippen molar-refractivity contribution in [2.45, 2.75) is 39.2 Å². The lowest BCUT2D eigenvalue weighted by Gasteiger charge is -2.13. The normalized spacial score (nSPS) is 12.9. The van der Waals surface area contributed by atoms with E-state index >= 15 is 0 Å². The molecule has 0 unspecified atom stereocenters. The van der Waals surface area contributed by atoms with Gasteiger partial charge in [-0.3, -0.25) is 24.6 Å². The summed E-state index contributed by atoms with van der Waals surface area (Å²) in [7, 11) is 0. The lowest BCUT2D eigenvalue weighted by atomic mass is 10.1. The van der Waals surface area contributed by atoms with Gasteiger partial charge in [-0.15, -0.1) is 10.2 Å². The Balaban J connectivity index is 1.46. The predicted molar refractivity (Wildman–Crippen MR) is 118 cm³/mol. The van der Waals surface area contributed by atoms with Crippen molar-refractivity contribution >= 4 is 34.2 Å². The van der Waals surface area contributed by atoms with Crippen molar-refractivity contribution in [1.82, 2.24) is 15.1 Å². The zero-order valence-corrected chi connectivity index (χ0v) is 17.9. The van der Waals surface area contributed by atoms with Gasteiger partial charge >= 0.3 is 0 Å². The van der Waals surface area contributed by atoms with E-state index in [1.807, 2.05) is 30.3 Å². The molecule has 7 nitrogen and oxygen atoms in total. The summed E-state index contributed by atoms with van der Waals surface area (Å²) in [5.41, 5.74) is 1.71. The van der Waals surface area contributed by atoms with Gasteiger partial charge in [0.2, 0.25) is 5.13 Å². The highest BCUT2D eigenvalue weighted by atomic mass is 32.1. The van der Waals surface area contributed by atoms with Crippen LogP contribution < -0.4 is 5.32 Å². The Kier molecular flexibility index (Phi) is 6.18. The van der Waals surface area contributed by atoms with Crippen LogP contribution in [0.2, 0.25) is 0 Å². The number of hydrogen-bond donors (Lipinski definition) is 1. The van der Waals surface area contributed by atoms with Crippen LogP contribution in [-0.4, -0.2) is 32.8 Å². The Morgan fingerprint density at radius 2 is 1.77 bits per heavy atom. The molecule has 31 heavy (non-hydrogen) atoms. The third-order valence-corrected chi connectivity index (χ3v) is 6.00. The average Bonchev–Trinajstić information content (AvgIpc) is 3.32. The molecule has 1 aliphatic rings. The Morgan fingerprint density at radius 1 is 1.00 bits per heavy atom. The quantitative estimate of drug-likeness (QED) is 0.421. The minimum atomic E-state index is -0.396. The second-order valence-electron chi connectivity index (χ2n) is 7.35. The maximum Gasteiger partial charge on any atom is 0.261 e. The molecule has 0 radical (unpaired) electrons. The fraction of sp³-hybridized carbons (Fsp3) is 0.261. The molecule has 8 heteroatoms. The van der Waals surface area contributed by atoms with Crippen molar-refractivity contribution in [3.63, 3.8) is 0 Å². The topological polar surface area (TPSA) is 92.3 Å². The summed E-state index contributed by atoms with van der Waals surface area (Å²) in [5.74, 6) is -1.13. The van der Waals surface area contributed by atoms with Crippen LogP contribution in [0.5, 0.6) is 0 Å². The first kappa shape index (κ1) is 20.9. The Morgan fingerprint density at radius 3 is 2.55 bits per heavy atom. The van der Waals surface area contributed by atoms with E-state index in [2.05, 4.69) is 22.4 Å². The first-order valence-corrected chi connectivity index (χ1v) is 11.1. The van der Waals surface area contributed by atoms with E-state index in [0.717, 1.165) is 36.3 Å². The maximum absolute atomic E-state index is 12.8. The van der Waals surface area contributed by atoms with Crippen molar-refractivity contribution in [3.8, 4) is 0 Å². The van der Waals surface area contributed by atoms with E-state index in [4.69, 9.17) is 0 Å². The molecule has 2 heterocycles. The average molecular weight is 435 g/mol. The molecule has 1 aromatic heterocycles. The highest BCUT2D eigenvalue weighted by Crippen LogP contribution is 2.26. The van der Waals surface area contributed by atoms with E-state index in [-0.39, 0.29) is 23.9 Å². The summed E-state index contributed by atoms with van der Waals surface area (Å²) < 4.78 is 0. The number of rotatable bonds is 8. The summed E-state index contributed by atoms with van der Waals surface area (Å²) >= 11 is 1.35. The molecule has 0 bridgehead atoms. The van der Waals surface area contributed by atoms with Crippen molar-refractivity contribution in [3.05, 3.63) is 75.8 Å². The fourth-order valence-electron chi connectivity index (χ4n) is 3.44. The fourth-order valence-corrected chi connectivity index (χ4v) is 4.22. The molecule has 1 N–H and O–H groups in total. The molecule has 0 aliphatic carbocycles. The summed E-state index contributed by atoms with van der Waals surface area (Å²) in [6, 6.07) is 13.9. The van der Waals surface area contributed by atoms with Crippen molar-refractivity contribution < 1.29 is 14.4 Å². The second kappa shape index (κ2) is 9.18. The number of benzene rings is 2. The summed E-state index contributed by atoms with van der Waals surface area (Å²) in [6.45, 7) is 2.34. The molecule has 0 fully saturated rings. The maximum atomic E-state index is 12.8. The number of hydrogen-bond acceptors (Lipinski definition) is 6. The van der Waals surface area contributed by atoms with Gasteiger partial charge < -0.3 is 0 Å². The van der Waals surface area contributed by atoms with E-state index in [9.17, 15) is 14.4 Å². The summed E-state index contributed by atoms with van der Waals surface area (Å²) in [5, 5.41) is 12.2. The van der Waals surface area contributed by atoms with Crippen LogP contribution >= 0.6 is 11.3 Å². The lowest BCUT2D eigenvalue weighted by Crippen LogP contribution is -2.29. The van der Waals surface area contributed by atoms with Crippen molar-refractivity contribution in [2.75, 3.05) is 5.32 Å². The SMILES string of the molecule is CCCCCc1nnc(NC(=O)c2ccc3c(c2)C(=O)N(Cc2ccccc2)C3=O)s1. The summed E-state index contributed by atoms with van der Waals surface area (Å²) in [6.07, 6.45) is 4.14. The number of anilines is 1. The van der Waals surface area contributed by atoms with Crippen LogP contribution in [-0.2, 0) is 13.0 Å². The molecule has 0 saturated carbocycles. The zero-order chi connectivity index (χ0) is 21.8. The first-order chi connectivity index (χ1) is 15.1. The molecule has 158 valence electrons. The smallest absolute Gasteiger partial charge is 0.261 e. The number of amides is 3. The summed E-state index contributed by atoms with van der Waals surface area (Å²) in [4.78, 5) is 39.4. The Labute approximate surface area is 184 Å². The molecule has 0 saturated heterocycles. The highest BCUT2D eigenvalue weighted by Gasteiger charge is 2.36. The van der Waals surface area contributed by atoms with Crippen LogP contribution in [0.1, 0.15) is 67.8 Å². The number of aromatic nitrogens is 2. The van der Waals surface area contributed by atoms with E-state index < -0.39 is 5.91 Å². The lowest BCUT2D eigenvalue weighted by molar-refractivity contribution is 0.0642. The van der Waals surface area contributed by atoms with Gasteiger partial charge in [-0.05, 0) is 30.2 Å². The number of unbranched alkanes of at least 4 members (excludes halogenated alkanes) is 2. The standard InChI is InChI=1S/C23H22N4O3S/c1-2-3-5-10-19-25-26-23(31-19)24-20(28)16-11-12-17-18(13-16)22(30)27(21(17)29)14-15-8-6-4-7-9-15/h4,6-9,11-13H,2-3,5,10,14H2,1H3,(H,24,26,28). The molecular formula is C23H22N4O3S. The molecule has 0 spiro atoms. The number of carbonyl (C=O) groups excluding carboxylic acids is 3. The minimum Gasteiger partial charge on any atom is -0.296 e. The Bertz CT molecular complexity index is 1130. The van der Waals surface area contributed by atoms with Gasteiger partial charge in [-0.25, -0.2) is 0 Å². The third kappa shape index (κ3) is 4.54. The molecule has 2 aromatic carbocycles. The van der Waals surface area contributed by atoms with E-state index in [1.54, 1.807) is 6.07 Å². The van der Waals surface area contributed by atoms with Gasteiger partial charge in [0.1, 0.15) is 5.01 Å². The van der Waals surface area contributed by atoms with Gasteiger partial charge in [-0.1, -0.05) is 61.4 Å². The molecule has 4 rings (SSSR count). The minimum absolute atomic E-state index is 0.195. The van der Waals surface area contributed by atoms with Crippen LogP contribution in [0.3, 0.4) is 0 Å². The number of carbonyl (C=O) groups is 3. The van der Waals surface area contributed by atoms with Gasteiger partial charge in [0.05, 0.1) is 17.7 Å². The second-order valence-corrected chi connectivity index (χ2v) is 8.42. The molecule has 1 aliphatic heterocycles. The van der Waals surface area contributed by atoms with E-state index in [1.165, 1.54) is 28.4 Å². The van der Waals surface area contributed by atoms with Crippen LogP contribution in [0.15, 0.2) is 48.5 Å². The molecule has 3 amide bonds. The van der Waals surface area contributed by atoms with Crippen molar-refractivity contribution in [1.29, 1.82) is 0 Å². The Hall–Kier alpha value is -3.39. The number of nitrogens with zero attached hydrogens (tertiary/aromatic N) is 3. The first-order valence-electron chi connectivity index (χ1n) is 10.2. The highest BCUT2D eigenvalue weighted by molar-refractivity contribution is 7.15. The number of aryl methyl sites for hydroxylation is 1. The third-order valence-electron chi connectivity index (χ3n) is 5.10. The number of nitrogens with one attached hydrogen (secondary N) is 1. The monoisotopic (exact) mass is 434 g/mol. The van der Waals surface area contributed by atoms with E-state index in [0.29, 0.717) is 16.3 Å². The zero-order valence-electron chi connectivity index (χ0n) is 17.1. The van der Waals surface area contributed by atoms with Crippen molar-refractivity contribution in [2.24, 2.45) is 0 Å². The molecule has 0 atom stereocenters. The van der Waals surface area contributed by atoms with Gasteiger partial charge in [0.15, 0.2) is 0 Å². The van der Waals surface area contributed by atoms with Crippen LogP contribution in [0, 0.1) is 0 Å². The van der Waals surface area contributed by atoms with Gasteiger partial charge in [0, 0.05) is 12.0 Å². The number of imide groups is 1. The molecule has 3 aromatic rings. The van der Waals surface area contributed by atoms with Gasteiger partial charge in [0.25, 0.3) is 17.7 Å². The van der Waals surface area contributed by atoms with Crippen LogP contribution in [0.25, 0.3) is 0 Å². The van der Waals surface area contributed by atoms with Gasteiger partial charge in [-0.2, -0.15) is 0 Å². The predicted octanol–water partition coefficient (Wildman–Crippen LogP) is 4.32. The van der Waals surface area contributed by atoms with Crippen LogP contribution in [0.4, 0.5) is 5.13 Å². The largest absolute Gasteiger partial charge is 0.296 e. The number of fused-ring (bicyclic) bond motifs is 1.